The number of halogens is 6. The lowest BCUT2D eigenvalue weighted by atomic mass is 9.79. The van der Waals surface area contributed by atoms with E-state index in [-0.39, 0.29) is 41.3 Å². The second-order valence-electron chi connectivity index (χ2n) is 10.7. The van der Waals surface area contributed by atoms with Crippen molar-refractivity contribution in [1.29, 1.82) is 0 Å². The minimum atomic E-state index is -6.15. The van der Waals surface area contributed by atoms with Crippen LogP contribution in [0.5, 0.6) is 0 Å². The number of carbonyl (C=O) groups excluding carboxylic acids is 3. The highest BCUT2D eigenvalue weighted by Crippen LogP contribution is 2.50. The molecule has 1 heterocycles. The van der Waals surface area contributed by atoms with E-state index in [2.05, 4.69) is 5.32 Å². The average Bonchev–Trinajstić information content (AvgIpc) is 3.01. The lowest BCUT2D eigenvalue weighted by Crippen LogP contribution is -2.64. The maximum Gasteiger partial charge on any atom is 0.430 e. The number of alkyl halides is 6. The first-order chi connectivity index (χ1) is 21.8. The van der Waals surface area contributed by atoms with Gasteiger partial charge in [-0.3, -0.25) is 9.59 Å². The number of fused-ring (bicyclic) bond motifs is 1. The molecule has 9 nitrogen and oxygen atoms in total. The Hall–Kier alpha value is -4.44. The largest absolute Gasteiger partial charge is 0.458 e. The molecule has 1 atom stereocenters. The zero-order valence-corrected chi connectivity index (χ0v) is 25.6. The first kappa shape index (κ1) is 35.4. The number of hydrogen-bond acceptors (Lipinski definition) is 7. The lowest BCUT2D eigenvalue weighted by molar-refractivity contribution is -0.376. The number of aliphatic hydroxyl groups is 1. The Morgan fingerprint density at radius 1 is 0.936 bits per heavy atom. The number of nitrogens with one attached hydrogen (secondary N) is 1. The summed E-state index contributed by atoms with van der Waals surface area (Å²) in [5, 5.41) is 12.0. The molecule has 16 heteroatoms. The minimum absolute atomic E-state index is 0.0190. The second-order valence-corrected chi connectivity index (χ2v) is 12.9. The quantitative estimate of drug-likeness (QED) is 0.198. The van der Waals surface area contributed by atoms with Crippen molar-refractivity contribution in [2.45, 2.75) is 55.3 Å². The number of esters is 1. The number of anilines is 1. The van der Waals surface area contributed by atoms with Crippen LogP contribution in [0.4, 0.5) is 32.0 Å². The Morgan fingerprint density at radius 3 is 2.06 bits per heavy atom. The molecule has 0 aromatic heterocycles. The molecule has 47 heavy (non-hydrogen) atoms. The number of amides is 2. The lowest BCUT2D eigenvalue weighted by Gasteiger charge is -2.44. The van der Waals surface area contributed by atoms with Gasteiger partial charge in [-0.25, -0.2) is 13.2 Å². The summed E-state index contributed by atoms with van der Waals surface area (Å²) in [6.07, 6.45) is -12.3. The Kier molecular flexibility index (Phi) is 9.52. The smallest absolute Gasteiger partial charge is 0.430 e. The van der Waals surface area contributed by atoms with E-state index in [9.17, 15) is 54.3 Å². The summed E-state index contributed by atoms with van der Waals surface area (Å²) < 4.78 is 111. The summed E-state index contributed by atoms with van der Waals surface area (Å²) in [6.45, 7) is 1.85. The minimum Gasteiger partial charge on any atom is -0.458 e. The van der Waals surface area contributed by atoms with Crippen molar-refractivity contribution >= 4 is 33.3 Å². The summed E-state index contributed by atoms with van der Waals surface area (Å²) in [7, 11) is -3.75. The van der Waals surface area contributed by atoms with Crippen molar-refractivity contribution in [2.24, 2.45) is 0 Å². The van der Waals surface area contributed by atoms with Gasteiger partial charge in [-0.05, 0) is 41.8 Å². The fourth-order valence-corrected chi connectivity index (χ4v) is 6.25. The number of carbonyl (C=O) groups is 3. The molecule has 1 aliphatic rings. The molecular formula is C31H28F6N2O7S. The molecule has 0 fully saturated rings. The fourth-order valence-electron chi connectivity index (χ4n) is 5.32. The van der Waals surface area contributed by atoms with Crippen molar-refractivity contribution in [3.63, 3.8) is 0 Å². The average molecular weight is 687 g/mol. The van der Waals surface area contributed by atoms with E-state index in [0.717, 1.165) is 17.9 Å². The van der Waals surface area contributed by atoms with Gasteiger partial charge in [0.2, 0.25) is 11.4 Å². The van der Waals surface area contributed by atoms with Crippen LogP contribution in [0, 0.1) is 0 Å². The van der Waals surface area contributed by atoms with Crippen LogP contribution >= 0.6 is 0 Å². The summed E-state index contributed by atoms with van der Waals surface area (Å²) in [5.74, 6) is -3.57. The highest BCUT2D eigenvalue weighted by Gasteiger charge is 2.71. The molecule has 0 radical (unpaired) electrons. The first-order valence-electron chi connectivity index (χ1n) is 13.9. The molecule has 1 aliphatic heterocycles. The van der Waals surface area contributed by atoms with E-state index in [4.69, 9.17) is 4.74 Å². The molecule has 2 amide bonds. The van der Waals surface area contributed by atoms with Gasteiger partial charge in [-0.2, -0.15) is 26.3 Å². The maximum absolute atomic E-state index is 14.2. The van der Waals surface area contributed by atoms with E-state index in [1.807, 2.05) is 0 Å². The Bertz CT molecular complexity index is 1760. The third-order valence-electron chi connectivity index (χ3n) is 7.81. The van der Waals surface area contributed by atoms with Crippen molar-refractivity contribution < 1.29 is 59.0 Å². The van der Waals surface area contributed by atoms with Crippen molar-refractivity contribution in [1.82, 2.24) is 4.90 Å². The number of hydrogen-bond donors (Lipinski definition) is 2. The first-order valence-corrected chi connectivity index (χ1v) is 15.6. The molecule has 4 rings (SSSR count). The fraction of sp³-hybridized carbons (Fsp3) is 0.323. The van der Waals surface area contributed by atoms with Gasteiger partial charge in [-0.1, -0.05) is 55.5 Å². The van der Waals surface area contributed by atoms with Crippen LogP contribution in [-0.4, -0.2) is 60.9 Å². The van der Waals surface area contributed by atoms with Crippen LogP contribution in [0.2, 0.25) is 0 Å². The Labute approximate surface area is 265 Å². The van der Waals surface area contributed by atoms with E-state index in [0.29, 0.717) is 29.8 Å². The Morgan fingerprint density at radius 2 is 1.53 bits per heavy atom. The van der Waals surface area contributed by atoms with Gasteiger partial charge in [0.15, 0.2) is 9.84 Å². The number of benzene rings is 3. The predicted molar refractivity (Wildman–Crippen MR) is 154 cm³/mol. The van der Waals surface area contributed by atoms with Gasteiger partial charge in [0.25, 0.3) is 11.5 Å². The molecule has 3 aromatic rings. The zero-order valence-electron chi connectivity index (χ0n) is 24.8. The van der Waals surface area contributed by atoms with Crippen LogP contribution in [0.3, 0.4) is 0 Å². The molecule has 0 saturated heterocycles. The van der Waals surface area contributed by atoms with Crippen molar-refractivity contribution in [3.05, 3.63) is 95.1 Å². The number of rotatable bonds is 8. The van der Waals surface area contributed by atoms with Crippen LogP contribution in [0.1, 0.15) is 36.1 Å². The van der Waals surface area contributed by atoms with E-state index in [1.54, 1.807) is 30.3 Å². The second kappa shape index (κ2) is 12.6. The van der Waals surface area contributed by atoms with Gasteiger partial charge in [-0.15, -0.1) is 0 Å². The number of ether oxygens (including phenoxy) is 1. The topological polar surface area (TPSA) is 130 Å². The normalized spacial score (nSPS) is 17.1. The van der Waals surface area contributed by atoms with Gasteiger partial charge < -0.3 is 20.1 Å². The molecule has 0 spiro atoms. The van der Waals surface area contributed by atoms with Crippen LogP contribution in [0.15, 0.2) is 77.7 Å². The SMILES string of the molecule is CCS(=O)(=O)c1ccc2c(c1)CCN(C(C)=O)C2(C(=O)Nc1ccc(C(O)(C(F)(F)F)C(F)(F)F)cc1)C(=O)OCc1ccccc1. The standard InChI is InChI=1S/C31H28F6N2O7S/c1-3-47(44,45)24-13-14-25-21(17-24)15-16-39(19(2)40)28(25,27(42)46-18-20-7-5-4-6-8-20)26(41)38-23-11-9-22(10-12-23)29(43,30(32,33)34)31(35,36)37/h4-14,17,43H,3,15-16,18H2,1-2H3,(H,38,41). The zero-order chi connectivity index (χ0) is 35.0. The van der Waals surface area contributed by atoms with E-state index < -0.39 is 62.4 Å². The summed E-state index contributed by atoms with van der Waals surface area (Å²) in [4.78, 5) is 42.1. The van der Waals surface area contributed by atoms with Gasteiger partial charge in [0, 0.05) is 30.3 Å². The Balaban J connectivity index is 1.84. The van der Waals surface area contributed by atoms with Gasteiger partial charge >= 0.3 is 18.3 Å². The molecule has 0 aliphatic carbocycles. The molecule has 252 valence electrons. The van der Waals surface area contributed by atoms with E-state index in [1.165, 1.54) is 19.1 Å². The van der Waals surface area contributed by atoms with Crippen LogP contribution in [-0.2, 0) is 53.1 Å². The summed E-state index contributed by atoms with van der Waals surface area (Å²) in [5.41, 5.74) is -9.24. The monoisotopic (exact) mass is 686 g/mol. The molecule has 2 N–H and O–H groups in total. The number of sulfone groups is 1. The number of nitrogens with zero attached hydrogens (tertiary/aromatic N) is 1. The van der Waals surface area contributed by atoms with Crippen LogP contribution < -0.4 is 5.32 Å². The molecule has 0 bridgehead atoms. The van der Waals surface area contributed by atoms with E-state index >= 15 is 0 Å². The van der Waals surface area contributed by atoms with Crippen molar-refractivity contribution in [3.8, 4) is 0 Å². The summed E-state index contributed by atoms with van der Waals surface area (Å²) in [6, 6.07) is 13.7. The predicted octanol–water partition coefficient (Wildman–Crippen LogP) is 4.77. The van der Waals surface area contributed by atoms with Crippen molar-refractivity contribution in [2.75, 3.05) is 17.6 Å². The van der Waals surface area contributed by atoms with Gasteiger partial charge in [0.05, 0.1) is 10.6 Å². The summed E-state index contributed by atoms with van der Waals surface area (Å²) >= 11 is 0. The molecule has 0 saturated carbocycles. The van der Waals surface area contributed by atoms with Crippen LogP contribution in [0.25, 0.3) is 0 Å². The highest BCUT2D eigenvalue weighted by atomic mass is 32.2. The molecule has 3 aromatic carbocycles. The third kappa shape index (κ3) is 6.31. The molecular weight excluding hydrogens is 658 g/mol. The maximum atomic E-state index is 14.2. The highest BCUT2D eigenvalue weighted by molar-refractivity contribution is 7.91. The van der Waals surface area contributed by atoms with Gasteiger partial charge in [0.1, 0.15) is 6.61 Å². The molecule has 1 unspecified atom stereocenters. The third-order valence-corrected chi connectivity index (χ3v) is 9.55.